The lowest BCUT2D eigenvalue weighted by atomic mass is 10.0. The number of pyridine rings is 1. The third kappa shape index (κ3) is 4.69. The molecule has 1 aliphatic rings. The van der Waals surface area contributed by atoms with Crippen molar-refractivity contribution in [1.29, 1.82) is 0 Å². The highest BCUT2D eigenvalue weighted by atomic mass is 32.2. The van der Waals surface area contributed by atoms with Crippen molar-refractivity contribution in [2.45, 2.75) is 24.4 Å². The lowest BCUT2D eigenvalue weighted by molar-refractivity contribution is 0.151. The van der Waals surface area contributed by atoms with Gasteiger partial charge in [0, 0.05) is 47.0 Å². The molecule has 2 amide bonds. The van der Waals surface area contributed by atoms with Gasteiger partial charge in [-0.15, -0.1) is 0 Å². The molecule has 184 valence electrons. The van der Waals surface area contributed by atoms with Gasteiger partial charge in [0.1, 0.15) is 5.69 Å². The molecule has 4 aromatic rings. The fourth-order valence-electron chi connectivity index (χ4n) is 4.15. The van der Waals surface area contributed by atoms with Crippen molar-refractivity contribution in [3.8, 4) is 22.4 Å². The molecule has 0 saturated heterocycles. The maximum absolute atomic E-state index is 13.0. The maximum atomic E-state index is 13.0. The van der Waals surface area contributed by atoms with Crippen molar-refractivity contribution >= 4 is 27.2 Å². The predicted molar refractivity (Wildman–Crippen MR) is 132 cm³/mol. The highest BCUT2D eigenvalue weighted by Gasteiger charge is 2.32. The number of benzene rings is 2. The zero-order valence-electron chi connectivity index (χ0n) is 18.9. The third-order valence-corrected chi connectivity index (χ3v) is 7.60. The van der Waals surface area contributed by atoms with Crippen LogP contribution in [0.5, 0.6) is 0 Å². The molecule has 5 rings (SSSR count). The van der Waals surface area contributed by atoms with E-state index in [9.17, 15) is 22.0 Å². The van der Waals surface area contributed by atoms with E-state index in [1.165, 1.54) is 28.9 Å². The summed E-state index contributed by atoms with van der Waals surface area (Å²) in [5.74, 6) is 0.0519. The number of nitrogens with one attached hydrogen (secondary N) is 2. The van der Waals surface area contributed by atoms with Crippen LogP contribution < -0.4 is 10.6 Å². The summed E-state index contributed by atoms with van der Waals surface area (Å²) < 4.78 is 53.0. The quantitative estimate of drug-likeness (QED) is 0.376. The van der Waals surface area contributed by atoms with Crippen LogP contribution in [0, 0.1) is 0 Å². The number of halogens is 2. The molecule has 0 atom stereocenters. The molecule has 2 aromatic carbocycles. The fourth-order valence-corrected chi connectivity index (χ4v) is 5.83. The van der Waals surface area contributed by atoms with E-state index in [1.54, 1.807) is 48.8 Å². The molecule has 1 aliphatic heterocycles. The minimum atomic E-state index is -3.53. The smallest absolute Gasteiger partial charge is 0.308 e. The van der Waals surface area contributed by atoms with Crippen molar-refractivity contribution < 1.29 is 22.0 Å². The second-order valence-corrected chi connectivity index (χ2v) is 10.3. The number of aryl methyl sites for hydroxylation is 1. The van der Waals surface area contributed by atoms with Crippen LogP contribution in [0.3, 0.4) is 0 Å². The third-order valence-electron chi connectivity index (χ3n) is 5.77. The Labute approximate surface area is 205 Å². The van der Waals surface area contributed by atoms with E-state index >= 15 is 0 Å². The highest BCUT2D eigenvalue weighted by Crippen LogP contribution is 2.39. The fraction of sp³-hybridized carbons (Fsp3) is 0.160. The summed E-state index contributed by atoms with van der Waals surface area (Å²) in [7, 11) is -3.53. The molecule has 0 unspecified atom stereocenters. The van der Waals surface area contributed by atoms with Gasteiger partial charge in [-0.1, -0.05) is 24.3 Å². The summed E-state index contributed by atoms with van der Waals surface area (Å²) in [6, 6.07) is 15.1. The standard InChI is InChI=1S/C25H21F2N5O3S/c26-23(27)17-5-7-19(8-6-17)29-25(33)30-20-4-1-3-18(15-20)22-21(16-9-11-28-12-10-16)24-32(31-22)13-2-14-36(24,34)35/h1,3-12,15,23H,2,13-14H2,(H2,29,30,33). The van der Waals surface area contributed by atoms with Gasteiger partial charge >= 0.3 is 6.03 Å². The number of carbonyl (C=O) groups is 1. The summed E-state index contributed by atoms with van der Waals surface area (Å²) in [5, 5.41) is 10.1. The van der Waals surface area contributed by atoms with Crippen LogP contribution in [0.2, 0.25) is 0 Å². The molecule has 0 bridgehead atoms. The molecular formula is C25H21F2N5O3S. The number of fused-ring (bicyclic) bond motifs is 1. The zero-order chi connectivity index (χ0) is 25.3. The number of urea groups is 1. The minimum Gasteiger partial charge on any atom is -0.308 e. The summed E-state index contributed by atoms with van der Waals surface area (Å²) in [4.78, 5) is 16.5. The lowest BCUT2D eigenvalue weighted by Crippen LogP contribution is -2.21. The Morgan fingerprint density at radius 2 is 1.67 bits per heavy atom. The van der Waals surface area contributed by atoms with E-state index in [4.69, 9.17) is 0 Å². The molecule has 0 radical (unpaired) electrons. The van der Waals surface area contributed by atoms with Crippen LogP contribution in [0.15, 0.2) is 78.1 Å². The van der Waals surface area contributed by atoms with Gasteiger partial charge in [-0.05, 0) is 48.4 Å². The number of anilines is 2. The Morgan fingerprint density at radius 1 is 0.944 bits per heavy atom. The van der Waals surface area contributed by atoms with E-state index in [-0.39, 0.29) is 16.3 Å². The molecule has 36 heavy (non-hydrogen) atoms. The first kappa shape index (κ1) is 23.6. The van der Waals surface area contributed by atoms with E-state index < -0.39 is 22.3 Å². The largest absolute Gasteiger partial charge is 0.323 e. The van der Waals surface area contributed by atoms with Crippen molar-refractivity contribution in [3.05, 3.63) is 78.6 Å². The van der Waals surface area contributed by atoms with Gasteiger partial charge in [0.15, 0.2) is 14.9 Å². The SMILES string of the molecule is O=C(Nc1ccc(C(F)F)cc1)Nc1cccc(-c2nn3c(c2-c2ccncc2)S(=O)(=O)CCC3)c1. The molecule has 11 heteroatoms. The van der Waals surface area contributed by atoms with Crippen LogP contribution in [0.4, 0.5) is 25.0 Å². The number of amides is 2. The van der Waals surface area contributed by atoms with Crippen LogP contribution in [-0.2, 0) is 16.4 Å². The van der Waals surface area contributed by atoms with Gasteiger partial charge < -0.3 is 10.6 Å². The Hall–Kier alpha value is -4.12. The number of alkyl halides is 2. The molecule has 0 spiro atoms. The first-order valence-electron chi connectivity index (χ1n) is 11.1. The Kier molecular flexibility index (Phi) is 6.23. The molecule has 3 heterocycles. The number of sulfone groups is 1. The van der Waals surface area contributed by atoms with E-state index in [0.717, 1.165) is 0 Å². The molecule has 8 nitrogen and oxygen atoms in total. The van der Waals surface area contributed by atoms with Gasteiger partial charge in [-0.25, -0.2) is 22.0 Å². The number of hydrogen-bond acceptors (Lipinski definition) is 5. The van der Waals surface area contributed by atoms with Crippen LogP contribution >= 0.6 is 0 Å². The van der Waals surface area contributed by atoms with Crippen LogP contribution in [0.1, 0.15) is 18.4 Å². The van der Waals surface area contributed by atoms with Crippen LogP contribution in [0.25, 0.3) is 22.4 Å². The van der Waals surface area contributed by atoms with Gasteiger partial charge in [0.05, 0.1) is 5.75 Å². The summed E-state index contributed by atoms with van der Waals surface area (Å²) in [5.41, 5.74) is 2.95. The van der Waals surface area contributed by atoms with Gasteiger partial charge in [0.2, 0.25) is 0 Å². The first-order valence-corrected chi connectivity index (χ1v) is 12.8. The van der Waals surface area contributed by atoms with Crippen molar-refractivity contribution in [1.82, 2.24) is 14.8 Å². The van der Waals surface area contributed by atoms with E-state index in [1.807, 2.05) is 0 Å². The topological polar surface area (TPSA) is 106 Å². The Morgan fingerprint density at radius 3 is 2.39 bits per heavy atom. The highest BCUT2D eigenvalue weighted by molar-refractivity contribution is 7.91. The van der Waals surface area contributed by atoms with Crippen molar-refractivity contribution in [3.63, 3.8) is 0 Å². The van der Waals surface area contributed by atoms with Gasteiger partial charge in [-0.3, -0.25) is 9.67 Å². The van der Waals surface area contributed by atoms with Gasteiger partial charge in [0.25, 0.3) is 6.43 Å². The van der Waals surface area contributed by atoms with Crippen molar-refractivity contribution in [2.24, 2.45) is 0 Å². The summed E-state index contributed by atoms with van der Waals surface area (Å²) in [6.07, 6.45) is 1.08. The number of nitrogens with zero attached hydrogens (tertiary/aromatic N) is 3. The first-order chi connectivity index (χ1) is 17.3. The van der Waals surface area contributed by atoms with E-state index in [0.29, 0.717) is 46.7 Å². The monoisotopic (exact) mass is 509 g/mol. The number of aromatic nitrogens is 3. The molecule has 0 fully saturated rings. The Bertz CT molecular complexity index is 1520. The number of carbonyl (C=O) groups excluding carboxylic acids is 1. The lowest BCUT2D eigenvalue weighted by Gasteiger charge is -2.15. The van der Waals surface area contributed by atoms with Crippen molar-refractivity contribution in [2.75, 3.05) is 16.4 Å². The average molecular weight is 510 g/mol. The number of hydrogen-bond donors (Lipinski definition) is 2. The Balaban J connectivity index is 1.46. The predicted octanol–water partition coefficient (Wildman–Crippen LogP) is 5.37. The molecule has 0 aliphatic carbocycles. The second-order valence-electron chi connectivity index (χ2n) is 8.24. The molecular weight excluding hydrogens is 488 g/mol. The average Bonchev–Trinajstić information content (AvgIpc) is 3.26. The second kappa shape index (κ2) is 9.50. The summed E-state index contributed by atoms with van der Waals surface area (Å²) >= 11 is 0. The molecule has 0 saturated carbocycles. The van der Waals surface area contributed by atoms with E-state index in [2.05, 4.69) is 20.7 Å². The minimum absolute atomic E-state index is 0.0519. The zero-order valence-corrected chi connectivity index (χ0v) is 19.7. The number of rotatable bonds is 5. The normalized spacial score (nSPS) is 14.3. The maximum Gasteiger partial charge on any atom is 0.323 e. The summed E-state index contributed by atoms with van der Waals surface area (Å²) in [6.45, 7) is 0.483. The van der Waals surface area contributed by atoms with Crippen LogP contribution in [-0.4, -0.2) is 35.0 Å². The molecule has 2 aromatic heterocycles. The molecule has 2 N–H and O–H groups in total. The van der Waals surface area contributed by atoms with Gasteiger partial charge in [-0.2, -0.15) is 5.10 Å².